The third kappa shape index (κ3) is 4.36. The summed E-state index contributed by atoms with van der Waals surface area (Å²) in [4.78, 5) is 24.2. The van der Waals surface area contributed by atoms with Crippen LogP contribution in [-0.4, -0.2) is 36.2 Å². The second-order valence-corrected chi connectivity index (χ2v) is 8.61. The van der Waals surface area contributed by atoms with Gasteiger partial charge in [0.15, 0.2) is 5.96 Å². The van der Waals surface area contributed by atoms with E-state index in [-0.39, 0.29) is 0 Å². The molecule has 3 heterocycles. The van der Waals surface area contributed by atoms with Crippen LogP contribution in [0.4, 0.5) is 0 Å². The van der Waals surface area contributed by atoms with Crippen LogP contribution in [-0.2, 0) is 4.79 Å². The summed E-state index contributed by atoms with van der Waals surface area (Å²) in [6.45, 7) is 2.04. The first-order valence-corrected chi connectivity index (χ1v) is 10.8. The van der Waals surface area contributed by atoms with Crippen LogP contribution in [0, 0.1) is 6.92 Å². The molecule has 0 aliphatic rings. The number of hydrogen-bond acceptors (Lipinski definition) is 5. The summed E-state index contributed by atoms with van der Waals surface area (Å²) in [6.07, 6.45) is 4.39. The Balaban J connectivity index is 1.78. The minimum Gasteiger partial charge on any atom is -0.464 e. The number of thiophene rings is 1. The van der Waals surface area contributed by atoms with Crippen LogP contribution in [0.1, 0.15) is 28.0 Å². The lowest BCUT2D eigenvalue weighted by Gasteiger charge is -2.21. The summed E-state index contributed by atoms with van der Waals surface area (Å²) in [6, 6.07) is 13.3. The van der Waals surface area contributed by atoms with E-state index in [2.05, 4.69) is 11.1 Å². The molecule has 2 atom stereocenters. The van der Waals surface area contributed by atoms with Crippen molar-refractivity contribution in [2.45, 2.75) is 18.9 Å². The van der Waals surface area contributed by atoms with Gasteiger partial charge in [-0.1, -0.05) is 6.07 Å². The van der Waals surface area contributed by atoms with Crippen LogP contribution in [0.3, 0.4) is 0 Å². The molecule has 0 fully saturated rings. The molecule has 0 spiro atoms. The Morgan fingerprint density at radius 3 is 2.81 bits per heavy atom. The highest BCUT2D eigenvalue weighted by molar-refractivity contribution is 7.10. The minimum atomic E-state index is -0.491. The smallest absolute Gasteiger partial charge is 0.191 e. The second kappa shape index (κ2) is 8.73. The van der Waals surface area contributed by atoms with Crippen molar-refractivity contribution in [3.8, 4) is 11.3 Å². The zero-order valence-corrected chi connectivity index (χ0v) is 18.5. The van der Waals surface area contributed by atoms with Crippen LogP contribution < -0.4 is 5.73 Å². The van der Waals surface area contributed by atoms with E-state index in [1.807, 2.05) is 62.8 Å². The number of guanidine groups is 1. The average Bonchev–Trinajstić information content (AvgIpc) is 3.42. The highest BCUT2D eigenvalue weighted by Crippen LogP contribution is 2.39. The Labute approximate surface area is 185 Å². The number of benzene rings is 1. The number of aromatic nitrogens is 1. The van der Waals surface area contributed by atoms with E-state index in [0.29, 0.717) is 5.96 Å². The number of hydrogen-bond donors (Lipinski definition) is 1. The summed E-state index contributed by atoms with van der Waals surface area (Å²) >= 11 is 1.56. The van der Waals surface area contributed by atoms with E-state index in [4.69, 9.17) is 15.1 Å². The maximum Gasteiger partial charge on any atom is 0.191 e. The van der Waals surface area contributed by atoms with Gasteiger partial charge in [0.25, 0.3) is 0 Å². The molecule has 6 nitrogen and oxygen atoms in total. The molecule has 31 heavy (non-hydrogen) atoms. The number of rotatable bonds is 6. The van der Waals surface area contributed by atoms with Crippen LogP contribution in [0.2, 0.25) is 0 Å². The molecule has 0 radical (unpaired) electrons. The molecule has 4 rings (SSSR count). The molecular weight excluding hydrogens is 408 g/mol. The van der Waals surface area contributed by atoms with Gasteiger partial charge in [0.05, 0.1) is 17.9 Å². The van der Waals surface area contributed by atoms with E-state index in [0.717, 1.165) is 44.5 Å². The van der Waals surface area contributed by atoms with Gasteiger partial charge in [-0.3, -0.25) is 4.98 Å². The van der Waals surface area contributed by atoms with Gasteiger partial charge in [0.2, 0.25) is 0 Å². The third-order valence-corrected chi connectivity index (χ3v) is 6.20. The van der Waals surface area contributed by atoms with Crippen molar-refractivity contribution in [1.82, 2.24) is 9.88 Å². The number of aldehydes is 1. The standard InChI is InChI=1S/C24H24N4O2S/c1-15-6-8-26-20(10-15)18-12-22(31-14-18)23(27-24(25)28(2)3)19(13-29)16-4-5-21-17(11-16)7-9-30-21/h4-14,19,23H,1-3H3,(H2,25,27). The van der Waals surface area contributed by atoms with Gasteiger partial charge in [-0.05, 0) is 54.4 Å². The summed E-state index contributed by atoms with van der Waals surface area (Å²) in [7, 11) is 3.67. The summed E-state index contributed by atoms with van der Waals surface area (Å²) in [5, 5.41) is 3.00. The lowest BCUT2D eigenvalue weighted by atomic mass is 9.91. The predicted molar refractivity (Wildman–Crippen MR) is 125 cm³/mol. The lowest BCUT2D eigenvalue weighted by molar-refractivity contribution is -0.109. The van der Waals surface area contributed by atoms with Crippen molar-refractivity contribution >= 4 is 34.6 Å². The van der Waals surface area contributed by atoms with E-state index < -0.39 is 12.0 Å². The van der Waals surface area contributed by atoms with E-state index in [1.54, 1.807) is 28.7 Å². The number of nitrogens with zero attached hydrogens (tertiary/aromatic N) is 3. The normalized spacial score (nSPS) is 13.8. The number of pyridine rings is 1. The van der Waals surface area contributed by atoms with Crippen LogP contribution >= 0.6 is 11.3 Å². The first-order chi connectivity index (χ1) is 15.0. The van der Waals surface area contributed by atoms with Crippen molar-refractivity contribution in [3.63, 3.8) is 0 Å². The molecule has 0 saturated carbocycles. The summed E-state index contributed by atoms with van der Waals surface area (Å²) < 4.78 is 5.44. The second-order valence-electron chi connectivity index (χ2n) is 7.66. The Kier molecular flexibility index (Phi) is 5.86. The number of nitrogens with two attached hydrogens (primary N) is 1. The lowest BCUT2D eigenvalue weighted by Crippen LogP contribution is -2.31. The summed E-state index contributed by atoms with van der Waals surface area (Å²) in [5.41, 5.74) is 10.9. The average molecular weight is 433 g/mol. The molecule has 2 unspecified atom stereocenters. The third-order valence-electron chi connectivity index (χ3n) is 5.20. The largest absolute Gasteiger partial charge is 0.464 e. The van der Waals surface area contributed by atoms with Gasteiger partial charge < -0.3 is 19.8 Å². The minimum absolute atomic E-state index is 0.366. The fraction of sp³-hybridized carbons (Fsp3) is 0.208. The topological polar surface area (TPSA) is 84.7 Å². The number of carbonyl (C=O) groups excluding carboxylic acids is 1. The fourth-order valence-electron chi connectivity index (χ4n) is 3.44. The summed E-state index contributed by atoms with van der Waals surface area (Å²) in [5.74, 6) is -0.125. The molecule has 2 N–H and O–H groups in total. The van der Waals surface area contributed by atoms with Crippen molar-refractivity contribution in [2.24, 2.45) is 10.7 Å². The Morgan fingerprint density at radius 2 is 2.06 bits per heavy atom. The molecule has 158 valence electrons. The zero-order valence-electron chi connectivity index (χ0n) is 17.6. The molecule has 4 aromatic rings. The fourth-order valence-corrected chi connectivity index (χ4v) is 4.43. The highest BCUT2D eigenvalue weighted by atomic mass is 32.1. The Bertz CT molecular complexity index is 1240. The molecule has 0 saturated heterocycles. The van der Waals surface area contributed by atoms with E-state index >= 15 is 0 Å². The van der Waals surface area contributed by atoms with Gasteiger partial charge in [-0.2, -0.15) is 0 Å². The van der Waals surface area contributed by atoms with Crippen LogP contribution in [0.25, 0.3) is 22.2 Å². The van der Waals surface area contributed by atoms with Gasteiger partial charge in [-0.15, -0.1) is 11.3 Å². The predicted octanol–water partition coefficient (Wildman–Crippen LogP) is 4.76. The SMILES string of the molecule is Cc1ccnc(-c2csc(C(N=C(N)N(C)C)C(C=O)c3ccc4occc4c3)c2)c1. The maximum absolute atomic E-state index is 12.3. The molecule has 0 aliphatic carbocycles. The van der Waals surface area contributed by atoms with Crippen LogP contribution in [0.15, 0.2) is 69.7 Å². The number of furan rings is 1. The number of carbonyl (C=O) groups is 1. The van der Waals surface area contributed by atoms with Crippen molar-refractivity contribution in [3.05, 3.63) is 76.3 Å². The van der Waals surface area contributed by atoms with Gasteiger partial charge >= 0.3 is 0 Å². The molecular formula is C24H24N4O2S. The molecule has 0 amide bonds. The van der Waals surface area contributed by atoms with Crippen molar-refractivity contribution in [2.75, 3.05) is 14.1 Å². The zero-order chi connectivity index (χ0) is 22.0. The molecule has 0 aliphatic heterocycles. The van der Waals surface area contributed by atoms with E-state index in [9.17, 15) is 4.79 Å². The first-order valence-electron chi connectivity index (χ1n) is 9.91. The maximum atomic E-state index is 12.3. The Hall–Kier alpha value is -3.45. The number of fused-ring (bicyclic) bond motifs is 1. The van der Waals surface area contributed by atoms with Crippen molar-refractivity contribution in [1.29, 1.82) is 0 Å². The molecule has 7 heteroatoms. The monoisotopic (exact) mass is 432 g/mol. The number of aryl methyl sites for hydroxylation is 1. The molecule has 1 aromatic carbocycles. The van der Waals surface area contributed by atoms with E-state index in [1.165, 1.54) is 0 Å². The molecule has 0 bridgehead atoms. The quantitative estimate of drug-likeness (QED) is 0.270. The highest BCUT2D eigenvalue weighted by Gasteiger charge is 2.27. The first kappa shape index (κ1) is 20.8. The Morgan fingerprint density at radius 1 is 1.23 bits per heavy atom. The molecule has 3 aromatic heterocycles. The van der Waals surface area contributed by atoms with Gasteiger partial charge in [0.1, 0.15) is 17.9 Å². The van der Waals surface area contributed by atoms with Crippen molar-refractivity contribution < 1.29 is 9.21 Å². The number of aliphatic imine (C=N–C) groups is 1. The van der Waals surface area contributed by atoms with Crippen LogP contribution in [0.5, 0.6) is 0 Å². The van der Waals surface area contributed by atoms with Gasteiger partial charge in [0, 0.05) is 41.5 Å². The van der Waals surface area contributed by atoms with Gasteiger partial charge in [-0.25, -0.2) is 4.99 Å².